The lowest BCUT2D eigenvalue weighted by Crippen LogP contribution is -2.21. The van der Waals surface area contributed by atoms with Crippen molar-refractivity contribution >= 4 is 17.5 Å². The Bertz CT molecular complexity index is 450. The summed E-state index contributed by atoms with van der Waals surface area (Å²) >= 11 is 0. The zero-order valence-corrected chi connectivity index (χ0v) is 11.2. The van der Waals surface area contributed by atoms with Crippen molar-refractivity contribution in [1.29, 1.82) is 0 Å². The predicted molar refractivity (Wildman–Crippen MR) is 70.7 cm³/mol. The van der Waals surface area contributed by atoms with Gasteiger partial charge in [0.2, 0.25) is 5.78 Å². The third-order valence-corrected chi connectivity index (χ3v) is 2.76. The van der Waals surface area contributed by atoms with Crippen molar-refractivity contribution in [3.8, 4) is 0 Å². The number of esters is 1. The number of hydrogen-bond donors (Lipinski definition) is 0. The quantitative estimate of drug-likeness (QED) is 0.429. The van der Waals surface area contributed by atoms with Crippen molar-refractivity contribution in [2.24, 2.45) is 0 Å². The van der Waals surface area contributed by atoms with E-state index in [0.717, 1.165) is 5.56 Å². The Labute approximate surface area is 112 Å². The first-order valence-corrected chi connectivity index (χ1v) is 6.31. The average molecular weight is 262 g/mol. The maximum absolute atomic E-state index is 11.7. The highest BCUT2D eigenvalue weighted by atomic mass is 16.5. The molecule has 102 valence electrons. The normalized spacial score (nSPS) is 11.7. The lowest BCUT2D eigenvalue weighted by molar-refractivity contribution is -0.154. The molecule has 0 aliphatic rings. The number of ketones is 2. The highest BCUT2D eigenvalue weighted by molar-refractivity contribution is 6.37. The van der Waals surface area contributed by atoms with Crippen molar-refractivity contribution in [1.82, 2.24) is 0 Å². The van der Waals surface area contributed by atoms with Gasteiger partial charge in [0.1, 0.15) is 5.78 Å². The first-order chi connectivity index (χ1) is 9.04. The molecular weight excluding hydrogens is 244 g/mol. The second-order valence-corrected chi connectivity index (χ2v) is 4.37. The predicted octanol–water partition coefficient (Wildman–Crippen LogP) is 2.27. The van der Waals surface area contributed by atoms with E-state index in [-0.39, 0.29) is 31.1 Å². The van der Waals surface area contributed by atoms with E-state index in [9.17, 15) is 14.4 Å². The first-order valence-electron chi connectivity index (χ1n) is 6.31. The summed E-state index contributed by atoms with van der Waals surface area (Å²) in [6.07, 6.45) is -0.134. The summed E-state index contributed by atoms with van der Waals surface area (Å²) in [5.41, 5.74) is 1.04. The molecule has 0 saturated heterocycles. The highest BCUT2D eigenvalue weighted by Crippen LogP contribution is 2.19. The third kappa shape index (κ3) is 5.04. The van der Waals surface area contributed by atoms with E-state index in [2.05, 4.69) is 4.74 Å². The van der Waals surface area contributed by atoms with Crippen molar-refractivity contribution in [2.45, 2.75) is 32.6 Å². The van der Waals surface area contributed by atoms with Crippen LogP contribution in [0.1, 0.15) is 38.2 Å². The fourth-order valence-corrected chi connectivity index (χ4v) is 1.78. The Morgan fingerprint density at radius 2 is 1.79 bits per heavy atom. The fraction of sp³-hybridized carbons (Fsp3) is 0.400. The van der Waals surface area contributed by atoms with Gasteiger partial charge in [-0.3, -0.25) is 9.59 Å². The molecule has 0 amide bonds. The summed E-state index contributed by atoms with van der Waals surface area (Å²) < 4.78 is 4.55. The van der Waals surface area contributed by atoms with Crippen LogP contribution in [-0.4, -0.2) is 24.1 Å². The van der Waals surface area contributed by atoms with Gasteiger partial charge in [0, 0.05) is 6.42 Å². The van der Waals surface area contributed by atoms with Gasteiger partial charge in [0.05, 0.1) is 13.0 Å². The van der Waals surface area contributed by atoms with Gasteiger partial charge in [0.15, 0.2) is 0 Å². The zero-order valence-electron chi connectivity index (χ0n) is 11.2. The number of ether oxygens (including phenoxy) is 1. The Hall–Kier alpha value is -1.97. The minimum atomic E-state index is -0.928. The van der Waals surface area contributed by atoms with E-state index >= 15 is 0 Å². The van der Waals surface area contributed by atoms with Gasteiger partial charge in [-0.1, -0.05) is 37.3 Å². The number of rotatable bonds is 7. The molecule has 0 bridgehead atoms. The second-order valence-electron chi connectivity index (χ2n) is 4.37. The number of carbonyl (C=O) groups excluding carboxylic acids is 3. The van der Waals surface area contributed by atoms with Crippen LogP contribution in [0, 0.1) is 0 Å². The summed E-state index contributed by atoms with van der Waals surface area (Å²) in [5.74, 6) is -1.91. The molecule has 0 radical (unpaired) electrons. The zero-order chi connectivity index (χ0) is 14.3. The molecule has 1 aromatic carbocycles. The van der Waals surface area contributed by atoms with Crippen LogP contribution in [0.3, 0.4) is 0 Å². The maximum Gasteiger partial charge on any atom is 0.375 e. The Balaban J connectivity index is 2.47. The van der Waals surface area contributed by atoms with Crippen molar-refractivity contribution in [3.05, 3.63) is 35.9 Å². The molecule has 0 saturated carbocycles. The van der Waals surface area contributed by atoms with Crippen LogP contribution < -0.4 is 0 Å². The SMILES string of the molecule is CCOC(=O)C(=O)CC(=O)CC(C)c1ccccc1. The molecule has 0 aliphatic carbocycles. The van der Waals surface area contributed by atoms with E-state index < -0.39 is 11.8 Å². The minimum Gasteiger partial charge on any atom is -0.460 e. The lowest BCUT2D eigenvalue weighted by Gasteiger charge is -2.10. The number of Topliss-reactive ketones (excluding diaryl/α,β-unsaturated/α-hetero) is 2. The molecule has 0 aromatic heterocycles. The average Bonchev–Trinajstić information content (AvgIpc) is 2.39. The molecule has 1 rings (SSSR count). The summed E-state index contributed by atoms with van der Waals surface area (Å²) in [6, 6.07) is 9.58. The van der Waals surface area contributed by atoms with Gasteiger partial charge in [0.25, 0.3) is 0 Å². The monoisotopic (exact) mass is 262 g/mol. The lowest BCUT2D eigenvalue weighted by atomic mass is 9.94. The number of benzene rings is 1. The Kier molecular flexibility index (Phi) is 5.93. The molecular formula is C15H18O4. The van der Waals surface area contributed by atoms with Crippen LogP contribution in [0.2, 0.25) is 0 Å². The maximum atomic E-state index is 11.7. The summed E-state index contributed by atoms with van der Waals surface area (Å²) in [6.45, 7) is 3.67. The van der Waals surface area contributed by atoms with Crippen LogP contribution in [0.25, 0.3) is 0 Å². The summed E-state index contributed by atoms with van der Waals surface area (Å²) in [5, 5.41) is 0. The number of carbonyl (C=O) groups is 3. The molecule has 1 aromatic rings. The summed E-state index contributed by atoms with van der Waals surface area (Å²) in [4.78, 5) is 34.2. The third-order valence-electron chi connectivity index (χ3n) is 2.76. The molecule has 0 fully saturated rings. The van der Waals surface area contributed by atoms with Gasteiger partial charge >= 0.3 is 5.97 Å². The molecule has 0 aliphatic heterocycles. The van der Waals surface area contributed by atoms with Gasteiger partial charge in [-0.15, -0.1) is 0 Å². The Morgan fingerprint density at radius 3 is 2.37 bits per heavy atom. The standard InChI is InChI=1S/C15H18O4/c1-3-19-15(18)14(17)10-13(16)9-11(2)12-7-5-4-6-8-12/h4-8,11H,3,9-10H2,1-2H3. The largest absolute Gasteiger partial charge is 0.460 e. The van der Waals surface area contributed by atoms with Gasteiger partial charge in [-0.05, 0) is 18.4 Å². The number of hydrogen-bond acceptors (Lipinski definition) is 4. The van der Waals surface area contributed by atoms with Crippen LogP contribution in [0.5, 0.6) is 0 Å². The minimum absolute atomic E-state index is 0.0312. The molecule has 4 heteroatoms. The van der Waals surface area contributed by atoms with E-state index in [1.54, 1.807) is 6.92 Å². The van der Waals surface area contributed by atoms with Crippen LogP contribution in [-0.2, 0) is 19.1 Å². The van der Waals surface area contributed by atoms with Gasteiger partial charge in [-0.2, -0.15) is 0 Å². The first kappa shape index (κ1) is 15.1. The molecule has 0 spiro atoms. The molecule has 1 unspecified atom stereocenters. The summed E-state index contributed by atoms with van der Waals surface area (Å²) in [7, 11) is 0. The van der Waals surface area contributed by atoms with E-state index in [1.165, 1.54) is 0 Å². The van der Waals surface area contributed by atoms with Crippen LogP contribution in [0.4, 0.5) is 0 Å². The smallest absolute Gasteiger partial charge is 0.375 e. The molecule has 0 heterocycles. The van der Waals surface area contributed by atoms with Gasteiger partial charge < -0.3 is 4.74 Å². The molecule has 0 N–H and O–H groups in total. The second kappa shape index (κ2) is 7.46. The van der Waals surface area contributed by atoms with E-state index in [1.807, 2.05) is 37.3 Å². The van der Waals surface area contributed by atoms with E-state index in [0.29, 0.717) is 0 Å². The fourth-order valence-electron chi connectivity index (χ4n) is 1.78. The Morgan fingerprint density at radius 1 is 1.16 bits per heavy atom. The van der Waals surface area contributed by atoms with Crippen molar-refractivity contribution < 1.29 is 19.1 Å². The van der Waals surface area contributed by atoms with Gasteiger partial charge in [-0.25, -0.2) is 4.79 Å². The van der Waals surface area contributed by atoms with E-state index in [4.69, 9.17) is 0 Å². The van der Waals surface area contributed by atoms with Crippen LogP contribution >= 0.6 is 0 Å². The topological polar surface area (TPSA) is 60.4 Å². The molecule has 19 heavy (non-hydrogen) atoms. The van der Waals surface area contributed by atoms with Crippen molar-refractivity contribution in [2.75, 3.05) is 6.61 Å². The highest BCUT2D eigenvalue weighted by Gasteiger charge is 2.20. The molecule has 1 atom stereocenters. The van der Waals surface area contributed by atoms with Crippen molar-refractivity contribution in [3.63, 3.8) is 0 Å². The van der Waals surface area contributed by atoms with Crippen LogP contribution in [0.15, 0.2) is 30.3 Å². The molecule has 4 nitrogen and oxygen atoms in total.